The molecule has 0 aliphatic heterocycles. The Bertz CT molecular complexity index is 240. The Morgan fingerprint density at radius 2 is 1.36 bits per heavy atom. The van der Waals surface area contributed by atoms with E-state index in [2.05, 4.69) is 0 Å². The van der Waals surface area contributed by atoms with Crippen LogP contribution in [0.5, 0.6) is 0 Å². The second-order valence-electron chi connectivity index (χ2n) is 1.91. The standard InChI is InChI=1S/C5H2F6O2.Eu/c6-4(7,8)2(12)1-3(13)5(9,10)11;/h1,12H;/p+1/b2-1-;. The summed E-state index contributed by atoms with van der Waals surface area (Å²) in [6.07, 6.45) is -11.4. The minimum atomic E-state index is -5.31. The molecule has 0 aromatic heterocycles. The van der Waals surface area contributed by atoms with Crippen molar-refractivity contribution in [1.29, 1.82) is 0 Å². The van der Waals surface area contributed by atoms with Crippen molar-refractivity contribution in [3.8, 4) is 0 Å². The van der Waals surface area contributed by atoms with Crippen molar-refractivity contribution in [2.45, 2.75) is 12.4 Å². The van der Waals surface area contributed by atoms with Gasteiger partial charge in [-0.1, -0.05) is 0 Å². The molecule has 0 aromatic carbocycles. The van der Waals surface area contributed by atoms with Gasteiger partial charge >= 0.3 is 18.1 Å². The van der Waals surface area contributed by atoms with E-state index in [-0.39, 0.29) is 49.4 Å². The number of carbonyl (C=O) groups excluding carboxylic acids is 1. The molecule has 0 aromatic rings. The van der Waals surface area contributed by atoms with E-state index < -0.39 is 30.0 Å². The SMILES string of the molecule is O/C(=C\C(=[OH+])C(F)(F)F)C(F)(F)F.[Eu]. The van der Waals surface area contributed by atoms with Crippen molar-refractivity contribution in [1.82, 2.24) is 0 Å². The maximum atomic E-state index is 11.4. The molecule has 83 valence electrons. The van der Waals surface area contributed by atoms with Gasteiger partial charge in [-0.05, 0) is 0 Å². The summed E-state index contributed by atoms with van der Waals surface area (Å²) in [5, 5.41) is 7.97. The summed E-state index contributed by atoms with van der Waals surface area (Å²) in [6.45, 7) is 0. The molecular weight excluding hydrogens is 358 g/mol. The number of aliphatic hydroxyl groups is 1. The van der Waals surface area contributed by atoms with Gasteiger partial charge in [0.1, 0.15) is 0 Å². The summed E-state index contributed by atoms with van der Waals surface area (Å²) < 4.78 is 68.3. The number of rotatable bonds is 1. The van der Waals surface area contributed by atoms with Crippen LogP contribution in [0.3, 0.4) is 0 Å². The van der Waals surface area contributed by atoms with Gasteiger partial charge < -0.3 is 5.11 Å². The van der Waals surface area contributed by atoms with Crippen molar-refractivity contribution in [2.24, 2.45) is 0 Å². The predicted molar refractivity (Wildman–Crippen MR) is 29.8 cm³/mol. The molecule has 0 saturated heterocycles. The molecule has 0 bridgehead atoms. The van der Waals surface area contributed by atoms with Crippen molar-refractivity contribution < 1.29 is 85.6 Å². The average molecular weight is 361 g/mol. The first-order valence-electron chi connectivity index (χ1n) is 2.66. The first-order valence-corrected chi connectivity index (χ1v) is 2.66. The summed E-state index contributed by atoms with van der Waals surface area (Å²) >= 11 is 0. The van der Waals surface area contributed by atoms with Gasteiger partial charge in [0.2, 0.25) is 5.76 Å². The quantitative estimate of drug-likeness (QED) is 0.331. The second-order valence-corrected chi connectivity index (χ2v) is 1.91. The zero-order chi connectivity index (χ0) is 10.9. The van der Waals surface area contributed by atoms with Gasteiger partial charge in [0.25, 0.3) is 0 Å². The van der Waals surface area contributed by atoms with Gasteiger partial charge in [0.05, 0.1) is 6.08 Å². The van der Waals surface area contributed by atoms with Gasteiger partial charge in [0, 0.05) is 49.4 Å². The molecule has 0 saturated carbocycles. The summed E-state index contributed by atoms with van der Waals surface area (Å²) in [4.78, 5) is 7.97. The van der Waals surface area contributed by atoms with Crippen LogP contribution in [-0.4, -0.2) is 28.0 Å². The molecule has 2 N–H and O–H groups in total. The maximum Gasteiger partial charge on any atom is 0.509 e. The number of alkyl halides is 6. The third kappa shape index (κ3) is 5.97. The maximum absolute atomic E-state index is 11.4. The van der Waals surface area contributed by atoms with E-state index in [0.717, 1.165) is 0 Å². The second kappa shape index (κ2) is 5.46. The Labute approximate surface area is 114 Å². The fourth-order valence-electron chi connectivity index (χ4n) is 0.293. The molecule has 0 amide bonds. The van der Waals surface area contributed by atoms with Crippen LogP contribution in [0.1, 0.15) is 0 Å². The van der Waals surface area contributed by atoms with Crippen LogP contribution >= 0.6 is 0 Å². The summed E-state index contributed by atoms with van der Waals surface area (Å²) in [5.74, 6) is -5.02. The Hall–Kier alpha value is 0.374. The van der Waals surface area contributed by atoms with Gasteiger partial charge in [0.15, 0.2) is 0 Å². The molecule has 0 fully saturated rings. The average Bonchev–Trinajstić information content (AvgIpc) is 1.82. The van der Waals surface area contributed by atoms with Gasteiger partial charge in [-0.3, -0.25) is 4.79 Å². The predicted octanol–water partition coefficient (Wildman–Crippen LogP) is 2.10. The molecule has 1 radical (unpaired) electrons. The largest absolute Gasteiger partial charge is 0.509 e. The fraction of sp³-hybridized carbons (Fsp3) is 0.400. The van der Waals surface area contributed by atoms with E-state index in [9.17, 15) is 26.3 Å². The summed E-state index contributed by atoms with van der Waals surface area (Å²) in [5.41, 5.74) is 0. The molecule has 0 aliphatic rings. The number of allylic oxidation sites excluding steroid dienone is 2. The number of halogens is 6. The topological polar surface area (TPSA) is 41.6 Å². The molecule has 0 heterocycles. The van der Waals surface area contributed by atoms with Gasteiger partial charge in [-0.15, -0.1) is 0 Å². The van der Waals surface area contributed by atoms with E-state index >= 15 is 0 Å². The molecule has 0 unspecified atom stereocenters. The summed E-state index contributed by atoms with van der Waals surface area (Å²) in [7, 11) is 0. The summed E-state index contributed by atoms with van der Waals surface area (Å²) in [6, 6.07) is 0. The molecule has 0 rings (SSSR count). The number of hydrogen-bond acceptors (Lipinski definition) is 1. The van der Waals surface area contributed by atoms with Gasteiger partial charge in [-0.2, -0.15) is 26.3 Å². The van der Waals surface area contributed by atoms with Crippen LogP contribution in [0.4, 0.5) is 26.3 Å². The van der Waals surface area contributed by atoms with Crippen LogP contribution in [0.15, 0.2) is 11.8 Å². The molecule has 0 spiro atoms. The Balaban J connectivity index is 0. The number of aliphatic hydroxyl groups excluding tert-OH is 1. The molecule has 14 heavy (non-hydrogen) atoms. The zero-order valence-electron chi connectivity index (χ0n) is 6.12. The van der Waals surface area contributed by atoms with E-state index in [1.165, 1.54) is 0 Å². The smallest absolute Gasteiger partial charge is 0.504 e. The normalized spacial score (nSPS) is 13.4. The van der Waals surface area contributed by atoms with E-state index in [0.29, 0.717) is 0 Å². The molecule has 0 aliphatic carbocycles. The first-order chi connectivity index (χ1) is 5.55. The third-order valence-corrected chi connectivity index (χ3v) is 0.854. The Morgan fingerprint density at radius 3 is 1.57 bits per heavy atom. The van der Waals surface area contributed by atoms with Crippen LogP contribution in [0, 0.1) is 49.4 Å². The molecular formula is C5H3EuF6O2+. The van der Waals surface area contributed by atoms with Crippen LogP contribution in [0.25, 0.3) is 0 Å². The Kier molecular flexibility index (Phi) is 6.54. The van der Waals surface area contributed by atoms with E-state index in [1.807, 2.05) is 0 Å². The third-order valence-electron chi connectivity index (χ3n) is 0.854. The minimum absolute atomic E-state index is 0. The molecule has 0 atom stereocenters. The van der Waals surface area contributed by atoms with Crippen LogP contribution in [-0.2, 0) is 0 Å². The number of ketones is 1. The molecule has 9 heteroatoms. The number of hydrogen-bond donors (Lipinski definition) is 1. The first kappa shape index (κ1) is 16.8. The Morgan fingerprint density at radius 1 is 1.00 bits per heavy atom. The van der Waals surface area contributed by atoms with E-state index in [1.54, 1.807) is 0 Å². The van der Waals surface area contributed by atoms with Crippen molar-refractivity contribution >= 4 is 5.78 Å². The van der Waals surface area contributed by atoms with Crippen LogP contribution in [0.2, 0.25) is 0 Å². The van der Waals surface area contributed by atoms with E-state index in [4.69, 9.17) is 9.90 Å². The van der Waals surface area contributed by atoms with Crippen molar-refractivity contribution in [3.05, 3.63) is 11.8 Å². The van der Waals surface area contributed by atoms with Crippen molar-refractivity contribution in [3.63, 3.8) is 0 Å². The zero-order valence-corrected chi connectivity index (χ0v) is 8.54. The molecule has 2 nitrogen and oxygen atoms in total. The fourth-order valence-corrected chi connectivity index (χ4v) is 0.293. The minimum Gasteiger partial charge on any atom is -0.504 e. The monoisotopic (exact) mass is 362 g/mol. The van der Waals surface area contributed by atoms with Gasteiger partial charge in [-0.25, -0.2) is 0 Å². The van der Waals surface area contributed by atoms with Crippen molar-refractivity contribution in [2.75, 3.05) is 0 Å². The van der Waals surface area contributed by atoms with Crippen LogP contribution < -0.4 is 0 Å².